The molecule has 13 heteroatoms. The smallest absolute Gasteiger partial charge is 0.270 e. The lowest BCUT2D eigenvalue weighted by molar-refractivity contribution is -0.131. The average molecular weight is 664 g/mol. The van der Waals surface area contributed by atoms with E-state index in [1.807, 2.05) is 30.3 Å². The van der Waals surface area contributed by atoms with Crippen LogP contribution in [0.3, 0.4) is 0 Å². The molecule has 1 N–H and O–H groups in total. The predicted molar refractivity (Wildman–Crippen MR) is 184 cm³/mol. The first kappa shape index (κ1) is 32.0. The zero-order chi connectivity index (χ0) is 33.9. The predicted octanol–water partition coefficient (Wildman–Crippen LogP) is 4.59. The maximum absolute atomic E-state index is 16.7. The maximum Gasteiger partial charge on any atom is 0.270 e. The maximum atomic E-state index is 16.7. The minimum absolute atomic E-state index is 0.0293. The molecule has 7 rings (SSSR count). The second-order valence-electron chi connectivity index (χ2n) is 12.2. The highest BCUT2D eigenvalue weighted by Crippen LogP contribution is 2.38. The summed E-state index contributed by atoms with van der Waals surface area (Å²) in [6.45, 7) is 5.52. The molecule has 0 saturated carbocycles. The van der Waals surface area contributed by atoms with Crippen LogP contribution in [-0.4, -0.2) is 97.9 Å². The molecule has 252 valence electrons. The number of benzene rings is 1. The molecular formula is C36H38FN9O3. The van der Waals surface area contributed by atoms with Crippen molar-refractivity contribution in [2.75, 3.05) is 51.3 Å². The summed E-state index contributed by atoms with van der Waals surface area (Å²) < 4.78 is 23.6. The summed E-state index contributed by atoms with van der Waals surface area (Å²) in [4.78, 5) is 44.8. The number of aryl methyl sites for hydroxylation is 2. The summed E-state index contributed by atoms with van der Waals surface area (Å²) in [5.41, 5.74) is 4.45. The van der Waals surface area contributed by atoms with Crippen LogP contribution in [-0.2, 0) is 17.8 Å². The largest absolute Gasteiger partial charge is 0.481 e. The van der Waals surface area contributed by atoms with Crippen molar-refractivity contribution < 1.29 is 18.7 Å². The number of nitrogens with zero attached hydrogens (tertiary/aromatic N) is 8. The first-order valence-electron chi connectivity index (χ1n) is 16.6. The highest BCUT2D eigenvalue weighted by atomic mass is 19.1. The molecule has 49 heavy (non-hydrogen) atoms. The van der Waals surface area contributed by atoms with Crippen molar-refractivity contribution in [3.63, 3.8) is 0 Å². The molecule has 0 aliphatic carbocycles. The van der Waals surface area contributed by atoms with Crippen LogP contribution in [0.5, 0.6) is 5.88 Å². The molecular weight excluding hydrogens is 625 g/mol. The monoisotopic (exact) mass is 663 g/mol. The van der Waals surface area contributed by atoms with Gasteiger partial charge in [0.15, 0.2) is 5.82 Å². The van der Waals surface area contributed by atoms with Gasteiger partial charge in [0.25, 0.3) is 5.91 Å². The van der Waals surface area contributed by atoms with Crippen molar-refractivity contribution >= 4 is 34.1 Å². The number of methoxy groups -OCH3 is 1. The van der Waals surface area contributed by atoms with E-state index in [1.165, 1.54) is 0 Å². The summed E-state index contributed by atoms with van der Waals surface area (Å²) in [5, 5.41) is 8.36. The lowest BCUT2D eigenvalue weighted by Gasteiger charge is -2.35. The number of piperazine rings is 1. The Balaban J connectivity index is 1.18. The Bertz CT molecular complexity index is 2020. The van der Waals surface area contributed by atoms with Gasteiger partial charge in [-0.05, 0) is 53.8 Å². The van der Waals surface area contributed by atoms with Gasteiger partial charge in [0.2, 0.25) is 11.8 Å². The van der Waals surface area contributed by atoms with Gasteiger partial charge in [-0.15, -0.1) is 5.10 Å². The third kappa shape index (κ3) is 6.48. The van der Waals surface area contributed by atoms with Crippen molar-refractivity contribution in [2.24, 2.45) is 0 Å². The Kier molecular flexibility index (Phi) is 9.05. The van der Waals surface area contributed by atoms with E-state index in [-0.39, 0.29) is 30.3 Å². The van der Waals surface area contributed by atoms with E-state index in [1.54, 1.807) is 58.5 Å². The van der Waals surface area contributed by atoms with Gasteiger partial charge >= 0.3 is 0 Å². The third-order valence-electron chi connectivity index (χ3n) is 9.35. The summed E-state index contributed by atoms with van der Waals surface area (Å²) in [6, 6.07) is 11.2. The second-order valence-corrected chi connectivity index (χ2v) is 12.2. The number of carbonyl (C=O) groups is 2. The molecule has 0 bridgehead atoms. The van der Waals surface area contributed by atoms with Crippen LogP contribution in [0.15, 0.2) is 67.3 Å². The Labute approximate surface area is 283 Å². The summed E-state index contributed by atoms with van der Waals surface area (Å²) >= 11 is 0. The molecule has 0 radical (unpaired) electrons. The van der Waals surface area contributed by atoms with Gasteiger partial charge in [-0.1, -0.05) is 24.3 Å². The van der Waals surface area contributed by atoms with Crippen LogP contribution in [0.2, 0.25) is 0 Å². The molecule has 1 saturated heterocycles. The van der Waals surface area contributed by atoms with E-state index < -0.39 is 5.82 Å². The molecule has 4 aromatic heterocycles. The number of halogens is 1. The quantitative estimate of drug-likeness (QED) is 0.243. The number of ether oxygens (including phenoxy) is 1. The molecule has 5 aromatic rings. The van der Waals surface area contributed by atoms with Gasteiger partial charge in [0.05, 0.1) is 25.4 Å². The number of aromatic amines is 1. The van der Waals surface area contributed by atoms with Crippen LogP contribution in [0, 0.1) is 5.82 Å². The fourth-order valence-electron chi connectivity index (χ4n) is 6.68. The van der Waals surface area contributed by atoms with Gasteiger partial charge in [-0.2, -0.15) is 4.98 Å². The van der Waals surface area contributed by atoms with Crippen molar-refractivity contribution in [2.45, 2.75) is 32.7 Å². The number of hydrogen-bond acceptors (Lipinski definition) is 8. The van der Waals surface area contributed by atoms with Crippen molar-refractivity contribution in [3.8, 4) is 17.0 Å². The fraction of sp³-hybridized carbons (Fsp3) is 0.333. The van der Waals surface area contributed by atoms with Crippen molar-refractivity contribution in [3.05, 3.63) is 89.9 Å². The van der Waals surface area contributed by atoms with Crippen LogP contribution < -0.4 is 9.64 Å². The minimum Gasteiger partial charge on any atom is -0.481 e. The number of carbonyl (C=O) groups excluding carboxylic acids is 2. The molecule has 2 aliphatic rings. The zero-order valence-corrected chi connectivity index (χ0v) is 27.6. The van der Waals surface area contributed by atoms with E-state index >= 15 is 4.39 Å². The summed E-state index contributed by atoms with van der Waals surface area (Å²) in [5.74, 6) is 0.670. The van der Waals surface area contributed by atoms with Gasteiger partial charge in [0.1, 0.15) is 11.5 Å². The van der Waals surface area contributed by atoms with E-state index in [4.69, 9.17) is 4.74 Å². The molecule has 1 fully saturated rings. The highest BCUT2D eigenvalue weighted by molar-refractivity contribution is 6.05. The van der Waals surface area contributed by atoms with Gasteiger partial charge in [-0.25, -0.2) is 4.39 Å². The lowest BCUT2D eigenvalue weighted by Crippen LogP contribution is -2.49. The fourth-order valence-corrected chi connectivity index (χ4v) is 6.68. The number of nitrogens with one attached hydrogen (secondary N) is 1. The van der Waals surface area contributed by atoms with Gasteiger partial charge < -0.3 is 24.4 Å². The molecule has 0 unspecified atom stereocenters. The Hall–Kier alpha value is -5.59. The Morgan fingerprint density at radius 1 is 1.00 bits per heavy atom. The molecule has 12 nitrogen and oxygen atoms in total. The summed E-state index contributed by atoms with van der Waals surface area (Å²) in [6.07, 6.45) is 10.5. The number of fused-ring (bicyclic) bond motifs is 1. The average Bonchev–Trinajstić information content (AvgIpc) is 3.85. The number of aromatic nitrogens is 6. The van der Waals surface area contributed by atoms with E-state index in [9.17, 15) is 9.59 Å². The van der Waals surface area contributed by atoms with Crippen molar-refractivity contribution in [1.29, 1.82) is 0 Å². The number of H-pyrrole nitrogens is 1. The van der Waals surface area contributed by atoms with Crippen LogP contribution in [0.25, 0.3) is 27.6 Å². The standard InChI is InChI=1S/C36H38FN9O3/c1-3-24-9-11-38-22-29(24)27-20-26(25-6-5-13-45(23-25)33(47)10-14-46-15-12-39-42-46)34(37)35-28(27)21-30(40-35)36(48)44-18-16-43(17-19-44)31-7-4-8-32(41-31)49-2/h4,6-9,11-12,15,20-22,40H,3,5,10,13-14,16-19,23H2,1-2H3. The highest BCUT2D eigenvalue weighted by Gasteiger charge is 2.28. The van der Waals surface area contributed by atoms with Crippen LogP contribution in [0.1, 0.15) is 41.4 Å². The molecule has 2 amide bonds. The van der Waals surface area contributed by atoms with E-state index in [2.05, 4.69) is 37.1 Å². The second kappa shape index (κ2) is 13.9. The SMILES string of the molecule is CCc1ccncc1-c1cc(C2=CCCN(C(=O)CCn3ccnn3)C2)c(F)c2[nH]c(C(=O)N3CCN(c4cccc(OC)n4)CC3)cc12. The Morgan fingerprint density at radius 3 is 2.63 bits per heavy atom. The molecule has 0 atom stereocenters. The van der Waals surface area contributed by atoms with E-state index in [0.717, 1.165) is 34.5 Å². The van der Waals surface area contributed by atoms with Gasteiger partial charge in [-0.3, -0.25) is 19.3 Å². The van der Waals surface area contributed by atoms with Crippen molar-refractivity contribution in [1.82, 2.24) is 39.7 Å². The molecule has 2 aliphatic heterocycles. The molecule has 0 spiro atoms. The van der Waals surface area contributed by atoms with Crippen LogP contribution >= 0.6 is 0 Å². The first-order chi connectivity index (χ1) is 23.9. The van der Waals surface area contributed by atoms with Gasteiger partial charge in [0, 0.05) is 86.9 Å². The lowest BCUT2D eigenvalue weighted by atomic mass is 9.91. The van der Waals surface area contributed by atoms with Crippen LogP contribution in [0.4, 0.5) is 10.2 Å². The normalized spacial score (nSPS) is 15.1. The number of rotatable bonds is 9. The number of hydrogen-bond donors (Lipinski definition) is 1. The molecule has 6 heterocycles. The third-order valence-corrected chi connectivity index (χ3v) is 9.35. The topological polar surface area (TPSA) is 125 Å². The summed E-state index contributed by atoms with van der Waals surface area (Å²) in [7, 11) is 1.59. The molecule has 1 aromatic carbocycles. The minimum atomic E-state index is -0.447. The number of pyridine rings is 2. The van der Waals surface area contributed by atoms with E-state index in [0.29, 0.717) is 68.2 Å². The Morgan fingerprint density at radius 2 is 1.86 bits per heavy atom. The first-order valence-corrected chi connectivity index (χ1v) is 16.6. The zero-order valence-electron chi connectivity index (χ0n) is 27.6. The number of anilines is 1. The number of amides is 2.